The van der Waals surface area contributed by atoms with Crippen LogP contribution < -0.4 is 16.2 Å². The zero-order chi connectivity index (χ0) is 17.0. The molecule has 0 saturated carbocycles. The maximum Gasteiger partial charge on any atom is 0.286 e. The zero-order valence-electron chi connectivity index (χ0n) is 12.5. The Morgan fingerprint density at radius 3 is 2.17 bits per heavy atom. The summed E-state index contributed by atoms with van der Waals surface area (Å²) in [4.78, 5) is 34.9. The predicted octanol–water partition coefficient (Wildman–Crippen LogP) is 1.82. The van der Waals surface area contributed by atoms with E-state index in [1.165, 1.54) is 6.92 Å². The van der Waals surface area contributed by atoms with Crippen molar-refractivity contribution in [1.29, 1.82) is 0 Å². The van der Waals surface area contributed by atoms with Gasteiger partial charge >= 0.3 is 0 Å². The molecule has 8 heteroatoms. The Balaban J connectivity index is 1.95. The molecule has 0 radical (unpaired) electrons. The molecule has 1 aromatic carbocycles. The SMILES string of the molecule is CC(=O)Nc1ccc(C(=O)NNC(=O)c2cc(Br)cn2C)cc1. The van der Waals surface area contributed by atoms with Crippen molar-refractivity contribution in [3.8, 4) is 0 Å². The lowest BCUT2D eigenvalue weighted by atomic mass is 10.2. The number of aromatic nitrogens is 1. The Kier molecular flexibility index (Phi) is 5.17. The maximum absolute atomic E-state index is 12.0. The molecule has 0 unspecified atom stereocenters. The van der Waals surface area contributed by atoms with E-state index in [4.69, 9.17) is 0 Å². The number of nitrogens with one attached hydrogen (secondary N) is 3. The molecule has 23 heavy (non-hydrogen) atoms. The summed E-state index contributed by atoms with van der Waals surface area (Å²) in [6, 6.07) is 7.94. The van der Waals surface area contributed by atoms with Gasteiger partial charge in [0.1, 0.15) is 5.69 Å². The van der Waals surface area contributed by atoms with Crippen molar-refractivity contribution >= 4 is 39.3 Å². The number of amides is 3. The molecule has 0 fully saturated rings. The fraction of sp³-hybridized carbons (Fsp3) is 0.133. The van der Waals surface area contributed by atoms with Crippen molar-refractivity contribution in [2.45, 2.75) is 6.92 Å². The first-order valence-corrected chi connectivity index (χ1v) is 7.46. The Labute approximate surface area is 141 Å². The highest BCUT2D eigenvalue weighted by molar-refractivity contribution is 9.10. The number of halogens is 1. The number of anilines is 1. The molecule has 1 aromatic heterocycles. The molecule has 2 rings (SSSR count). The first-order valence-electron chi connectivity index (χ1n) is 6.67. The molecule has 1 heterocycles. The van der Waals surface area contributed by atoms with E-state index < -0.39 is 11.8 Å². The van der Waals surface area contributed by atoms with E-state index >= 15 is 0 Å². The summed E-state index contributed by atoms with van der Waals surface area (Å²) in [5.74, 6) is -1.08. The third-order valence-corrected chi connectivity index (χ3v) is 3.39. The van der Waals surface area contributed by atoms with Crippen LogP contribution in [0.3, 0.4) is 0 Å². The van der Waals surface area contributed by atoms with Crippen molar-refractivity contribution in [2.75, 3.05) is 5.32 Å². The van der Waals surface area contributed by atoms with Crippen LogP contribution in [0.15, 0.2) is 41.0 Å². The summed E-state index contributed by atoms with van der Waals surface area (Å²) in [6.45, 7) is 1.40. The monoisotopic (exact) mass is 378 g/mol. The Bertz CT molecular complexity index is 753. The van der Waals surface area contributed by atoms with Gasteiger partial charge in [-0.05, 0) is 46.3 Å². The highest BCUT2D eigenvalue weighted by atomic mass is 79.9. The molecule has 0 saturated heterocycles. The standard InChI is InChI=1S/C15H15BrN4O3/c1-9(21)17-12-5-3-10(4-6-12)14(22)18-19-15(23)13-7-11(16)8-20(13)2/h3-8H,1-2H3,(H,17,21)(H,18,22)(H,19,23). The van der Waals surface area contributed by atoms with E-state index in [-0.39, 0.29) is 5.91 Å². The van der Waals surface area contributed by atoms with Crippen molar-refractivity contribution in [3.05, 3.63) is 52.3 Å². The number of hydrazine groups is 1. The first-order chi connectivity index (χ1) is 10.9. The van der Waals surface area contributed by atoms with Crippen LogP contribution in [0, 0.1) is 0 Å². The maximum atomic E-state index is 12.0. The highest BCUT2D eigenvalue weighted by Crippen LogP contribution is 2.13. The Morgan fingerprint density at radius 2 is 1.65 bits per heavy atom. The lowest BCUT2D eigenvalue weighted by molar-refractivity contribution is -0.114. The van der Waals surface area contributed by atoms with Crippen LogP contribution in [0.5, 0.6) is 0 Å². The second-order valence-corrected chi connectivity index (χ2v) is 5.74. The number of aryl methyl sites for hydroxylation is 1. The number of nitrogens with zero attached hydrogens (tertiary/aromatic N) is 1. The summed E-state index contributed by atoms with van der Waals surface area (Å²) >= 11 is 3.27. The predicted molar refractivity (Wildman–Crippen MR) is 88.8 cm³/mol. The fourth-order valence-electron chi connectivity index (χ4n) is 1.91. The minimum Gasteiger partial charge on any atom is -0.345 e. The van der Waals surface area contributed by atoms with Gasteiger partial charge in [-0.1, -0.05) is 0 Å². The first kappa shape index (κ1) is 16.8. The van der Waals surface area contributed by atoms with Crippen LogP contribution in [0.2, 0.25) is 0 Å². The van der Waals surface area contributed by atoms with Crippen LogP contribution in [-0.4, -0.2) is 22.3 Å². The van der Waals surface area contributed by atoms with Gasteiger partial charge in [-0.2, -0.15) is 0 Å². The summed E-state index contributed by atoms with van der Waals surface area (Å²) in [5.41, 5.74) is 6.03. The average molecular weight is 379 g/mol. The van der Waals surface area contributed by atoms with Gasteiger partial charge in [0, 0.05) is 35.9 Å². The van der Waals surface area contributed by atoms with Crippen LogP contribution in [0.25, 0.3) is 0 Å². The average Bonchev–Trinajstić information content (AvgIpc) is 2.83. The van der Waals surface area contributed by atoms with Gasteiger partial charge in [0.05, 0.1) is 0 Å². The minimum absolute atomic E-state index is 0.191. The minimum atomic E-state index is -0.457. The number of hydrogen-bond donors (Lipinski definition) is 3. The van der Waals surface area contributed by atoms with Gasteiger partial charge in [-0.15, -0.1) is 0 Å². The molecule has 3 amide bonds. The smallest absolute Gasteiger partial charge is 0.286 e. The van der Waals surface area contributed by atoms with E-state index in [2.05, 4.69) is 32.1 Å². The number of carbonyl (C=O) groups is 3. The topological polar surface area (TPSA) is 92.2 Å². The quantitative estimate of drug-likeness (QED) is 0.711. The summed E-state index contributed by atoms with van der Waals surface area (Å²) in [5, 5.41) is 2.60. The Morgan fingerprint density at radius 1 is 1.04 bits per heavy atom. The number of rotatable bonds is 3. The molecule has 0 bridgehead atoms. The summed E-state index contributed by atoms with van der Waals surface area (Å²) in [6.07, 6.45) is 1.73. The molecule has 0 spiro atoms. The molecule has 0 aliphatic rings. The number of carbonyl (C=O) groups excluding carboxylic acids is 3. The molecular formula is C15H15BrN4O3. The van der Waals surface area contributed by atoms with Gasteiger partial charge < -0.3 is 9.88 Å². The third-order valence-electron chi connectivity index (χ3n) is 2.96. The molecule has 7 nitrogen and oxygen atoms in total. The molecular weight excluding hydrogens is 364 g/mol. The van der Waals surface area contributed by atoms with E-state index in [0.717, 1.165) is 4.47 Å². The molecule has 0 atom stereocenters. The molecule has 120 valence electrons. The Hall–Kier alpha value is -2.61. The van der Waals surface area contributed by atoms with Crippen LogP contribution in [0.1, 0.15) is 27.8 Å². The summed E-state index contributed by atoms with van der Waals surface area (Å²) < 4.78 is 2.40. The largest absolute Gasteiger partial charge is 0.345 e. The lowest BCUT2D eigenvalue weighted by Crippen LogP contribution is -2.42. The van der Waals surface area contributed by atoms with Gasteiger partial charge in [0.25, 0.3) is 11.8 Å². The van der Waals surface area contributed by atoms with Crippen molar-refractivity contribution in [1.82, 2.24) is 15.4 Å². The lowest BCUT2D eigenvalue weighted by Gasteiger charge is -2.08. The zero-order valence-corrected chi connectivity index (χ0v) is 14.1. The van der Waals surface area contributed by atoms with Crippen LogP contribution in [-0.2, 0) is 11.8 Å². The van der Waals surface area contributed by atoms with E-state index in [0.29, 0.717) is 16.9 Å². The van der Waals surface area contributed by atoms with Gasteiger partial charge in [-0.25, -0.2) is 0 Å². The molecule has 2 aromatic rings. The normalized spacial score (nSPS) is 10.0. The van der Waals surface area contributed by atoms with E-state index in [1.54, 1.807) is 48.1 Å². The van der Waals surface area contributed by atoms with Crippen molar-refractivity contribution in [2.24, 2.45) is 7.05 Å². The van der Waals surface area contributed by atoms with Crippen molar-refractivity contribution in [3.63, 3.8) is 0 Å². The molecule has 0 aliphatic carbocycles. The molecule has 0 aliphatic heterocycles. The second-order valence-electron chi connectivity index (χ2n) is 4.82. The number of hydrogen-bond acceptors (Lipinski definition) is 3. The van der Waals surface area contributed by atoms with Crippen molar-refractivity contribution < 1.29 is 14.4 Å². The van der Waals surface area contributed by atoms with Gasteiger partial charge in [-0.3, -0.25) is 25.2 Å². The summed E-state index contributed by atoms with van der Waals surface area (Å²) in [7, 11) is 1.72. The highest BCUT2D eigenvalue weighted by Gasteiger charge is 2.12. The fourth-order valence-corrected chi connectivity index (χ4v) is 2.43. The molecule has 3 N–H and O–H groups in total. The van der Waals surface area contributed by atoms with Crippen LogP contribution >= 0.6 is 15.9 Å². The number of benzene rings is 1. The van der Waals surface area contributed by atoms with Gasteiger partial charge in [0.15, 0.2) is 0 Å². The van der Waals surface area contributed by atoms with E-state index in [1.807, 2.05) is 0 Å². The second kappa shape index (κ2) is 7.10. The van der Waals surface area contributed by atoms with Crippen LogP contribution in [0.4, 0.5) is 5.69 Å². The third kappa shape index (κ3) is 4.43. The van der Waals surface area contributed by atoms with E-state index in [9.17, 15) is 14.4 Å². The van der Waals surface area contributed by atoms with Gasteiger partial charge in [0.2, 0.25) is 5.91 Å².